The van der Waals surface area contributed by atoms with Gasteiger partial charge in [-0.3, -0.25) is 4.55 Å². The number of aromatic nitrogens is 1. The molecule has 1 heterocycles. The van der Waals surface area contributed by atoms with E-state index in [4.69, 9.17) is 14.3 Å². The van der Waals surface area contributed by atoms with Crippen LogP contribution in [-0.4, -0.2) is 20.4 Å². The molecule has 0 aliphatic carbocycles. The minimum Gasteiger partial charge on any atom is -0.493 e. The van der Waals surface area contributed by atoms with Crippen molar-refractivity contribution >= 4 is 9.53 Å². The molecule has 0 spiro atoms. The first kappa shape index (κ1) is 22.0. The molecule has 0 saturated heterocycles. The topological polar surface area (TPSA) is 98.6 Å². The largest absolute Gasteiger partial charge is 0.493 e. The van der Waals surface area contributed by atoms with Crippen LogP contribution in [0.25, 0.3) is 11.5 Å². The lowest BCUT2D eigenvalue weighted by molar-refractivity contribution is 0.319. The van der Waals surface area contributed by atoms with Gasteiger partial charge in [-0.1, -0.05) is 45.4 Å². The number of hydrogen-bond acceptors (Lipinski definition) is 4. The van der Waals surface area contributed by atoms with Gasteiger partial charge in [0.05, 0.1) is 22.1 Å². The average molecular weight is 451 g/mol. The lowest BCUT2D eigenvalue weighted by atomic mass is 10.2. The predicted octanol–water partition coefficient (Wildman–Crippen LogP) is 5.16. The van der Waals surface area contributed by atoms with Crippen LogP contribution >= 0.6 is 0 Å². The van der Waals surface area contributed by atoms with Crippen LogP contribution in [0.15, 0.2) is 93.1 Å². The van der Waals surface area contributed by atoms with Crippen molar-refractivity contribution in [2.75, 3.05) is 6.61 Å². The second-order valence-electron chi connectivity index (χ2n) is 7.73. The third kappa shape index (κ3) is 4.50. The summed E-state index contributed by atoms with van der Waals surface area (Å²) in [6.45, 7) is 4.18. The molecule has 166 valence electrons. The Balaban J connectivity index is 1.42. The van der Waals surface area contributed by atoms with Crippen molar-refractivity contribution < 1.29 is 17.9 Å². The Bertz CT molecular complexity index is 1270. The molecule has 0 bridgehead atoms. The summed E-state index contributed by atoms with van der Waals surface area (Å²) in [6.07, 6.45) is 0.573. The van der Waals surface area contributed by atoms with Crippen LogP contribution in [0.1, 0.15) is 17.0 Å². The van der Waals surface area contributed by atoms with E-state index >= 15 is 0 Å². The molecule has 0 aliphatic heterocycles. The first-order chi connectivity index (χ1) is 15.2. The molecule has 0 saturated carbocycles. The summed E-state index contributed by atoms with van der Waals surface area (Å²) in [5, 5.41) is 5.99. The highest BCUT2D eigenvalue weighted by Crippen LogP contribution is 2.35. The van der Waals surface area contributed by atoms with Crippen molar-refractivity contribution in [1.29, 1.82) is 0 Å². The van der Waals surface area contributed by atoms with Crippen molar-refractivity contribution in [1.82, 2.24) is 4.98 Å². The highest BCUT2D eigenvalue weighted by molar-refractivity contribution is 8.13. The van der Waals surface area contributed by atoms with Gasteiger partial charge in [0.15, 0.2) is 0 Å². The van der Waals surface area contributed by atoms with E-state index in [0.29, 0.717) is 24.7 Å². The molecule has 4 rings (SSSR count). The van der Waals surface area contributed by atoms with Crippen molar-refractivity contribution in [2.24, 2.45) is 5.14 Å². The molecule has 0 fully saturated rings. The number of rotatable bonds is 7. The predicted molar refractivity (Wildman–Crippen MR) is 125 cm³/mol. The van der Waals surface area contributed by atoms with E-state index in [9.17, 15) is 8.76 Å². The Kier molecular flexibility index (Phi) is 5.73. The van der Waals surface area contributed by atoms with Crippen molar-refractivity contribution in [3.05, 3.63) is 95.9 Å². The minimum atomic E-state index is -4.65. The van der Waals surface area contributed by atoms with Crippen LogP contribution < -0.4 is 9.88 Å². The molecule has 0 unspecified atom stereocenters. The minimum absolute atomic E-state index is 0.137. The molecule has 0 aliphatic rings. The van der Waals surface area contributed by atoms with Gasteiger partial charge in [-0.2, -0.15) is 4.21 Å². The monoisotopic (exact) mass is 450 g/mol. The summed E-state index contributed by atoms with van der Waals surface area (Å²) >= 11 is 0. The Morgan fingerprint density at radius 2 is 1.53 bits per heavy atom. The van der Waals surface area contributed by atoms with E-state index in [0.717, 1.165) is 22.6 Å². The van der Waals surface area contributed by atoms with E-state index in [2.05, 4.69) is 4.98 Å². The maximum Gasteiger partial charge on any atom is 0.226 e. The highest BCUT2D eigenvalue weighted by Gasteiger charge is 2.27. The van der Waals surface area contributed by atoms with E-state index in [1.807, 2.05) is 44.2 Å². The third-order valence-electron chi connectivity index (χ3n) is 5.28. The zero-order valence-electron chi connectivity index (χ0n) is 18.0. The van der Waals surface area contributed by atoms with Gasteiger partial charge in [0.1, 0.15) is 11.5 Å². The molecule has 32 heavy (non-hydrogen) atoms. The van der Waals surface area contributed by atoms with Crippen molar-refractivity contribution in [3.8, 4) is 17.2 Å². The Labute approximate surface area is 187 Å². The summed E-state index contributed by atoms with van der Waals surface area (Å²) < 4.78 is 35.7. The van der Waals surface area contributed by atoms with E-state index in [1.54, 1.807) is 36.4 Å². The number of benzene rings is 3. The SMILES string of the molecule is Cc1ccc(S(N)(=O)(O)c2ccc(OCCc3nc(-c4ccccc4)oc3C)cc2)cc1. The normalized spacial score (nSPS) is 12.8. The van der Waals surface area contributed by atoms with E-state index < -0.39 is 9.53 Å². The van der Waals surface area contributed by atoms with Crippen LogP contribution in [0.4, 0.5) is 0 Å². The van der Waals surface area contributed by atoms with Gasteiger partial charge in [0.25, 0.3) is 0 Å². The summed E-state index contributed by atoms with van der Waals surface area (Å²) in [6, 6.07) is 22.8. The fourth-order valence-electron chi connectivity index (χ4n) is 3.37. The van der Waals surface area contributed by atoms with Gasteiger partial charge in [-0.25, -0.2) is 10.1 Å². The second-order valence-corrected chi connectivity index (χ2v) is 10.6. The van der Waals surface area contributed by atoms with E-state index in [1.165, 1.54) is 12.1 Å². The summed E-state index contributed by atoms with van der Waals surface area (Å²) in [7, 11) is -4.65. The Morgan fingerprint density at radius 1 is 0.938 bits per heavy atom. The Hall–Kier alpha value is -3.26. The van der Waals surface area contributed by atoms with Gasteiger partial charge in [0.2, 0.25) is 5.89 Å². The fourth-order valence-corrected chi connectivity index (χ4v) is 4.96. The van der Waals surface area contributed by atoms with Crippen LogP contribution in [0.2, 0.25) is 0 Å². The summed E-state index contributed by atoms with van der Waals surface area (Å²) in [5.41, 5.74) is 2.75. The van der Waals surface area contributed by atoms with Crippen LogP contribution in [0.5, 0.6) is 5.75 Å². The molecule has 6 nitrogen and oxygen atoms in total. The molecule has 3 N–H and O–H groups in total. The highest BCUT2D eigenvalue weighted by atomic mass is 32.3. The first-order valence-electron chi connectivity index (χ1n) is 10.2. The molecular formula is C25H26N2O4S. The molecule has 0 amide bonds. The smallest absolute Gasteiger partial charge is 0.226 e. The molecule has 0 radical (unpaired) electrons. The third-order valence-corrected chi connectivity index (χ3v) is 7.64. The molecule has 1 aromatic heterocycles. The fraction of sp³-hybridized carbons (Fsp3) is 0.160. The van der Waals surface area contributed by atoms with E-state index in [-0.39, 0.29) is 9.79 Å². The number of oxazole rings is 1. The molecule has 0 atom stereocenters. The van der Waals surface area contributed by atoms with Gasteiger partial charge < -0.3 is 9.15 Å². The maximum atomic E-state index is 13.2. The van der Waals surface area contributed by atoms with Crippen molar-refractivity contribution in [2.45, 2.75) is 30.1 Å². The maximum absolute atomic E-state index is 13.2. The number of ether oxygens (including phenoxy) is 1. The van der Waals surface area contributed by atoms with Gasteiger partial charge in [0, 0.05) is 12.0 Å². The number of nitrogens with zero attached hydrogens (tertiary/aromatic N) is 1. The summed E-state index contributed by atoms with van der Waals surface area (Å²) in [5.74, 6) is 1.92. The molecule has 4 aromatic rings. The zero-order chi connectivity index (χ0) is 22.8. The lowest BCUT2D eigenvalue weighted by Gasteiger charge is -2.39. The van der Waals surface area contributed by atoms with Gasteiger partial charge >= 0.3 is 0 Å². The Morgan fingerprint density at radius 3 is 2.16 bits per heavy atom. The molecule has 7 heteroatoms. The summed E-state index contributed by atoms with van der Waals surface area (Å²) in [4.78, 5) is 4.89. The molecular weight excluding hydrogens is 424 g/mol. The zero-order valence-corrected chi connectivity index (χ0v) is 18.8. The number of aryl methyl sites for hydroxylation is 2. The van der Waals surface area contributed by atoms with Crippen LogP contribution in [-0.2, 0) is 16.0 Å². The number of hydrogen-bond donors (Lipinski definition) is 2. The van der Waals surface area contributed by atoms with Gasteiger partial charge in [-0.15, -0.1) is 0 Å². The quantitative estimate of drug-likeness (QED) is 0.405. The average Bonchev–Trinajstić information content (AvgIpc) is 3.15. The number of nitrogens with two attached hydrogens (primary N) is 1. The van der Waals surface area contributed by atoms with Gasteiger partial charge in [-0.05, 0) is 62.4 Å². The second kappa shape index (κ2) is 8.35. The standard InChI is InChI=1S/C25H26N2O4S/c1-18-8-12-22(13-9-18)32(26,28,29)23-14-10-21(11-15-23)30-17-16-24-19(2)31-25(27-24)20-6-4-3-5-7-20/h3-15H,16-17H2,1-2H3,(H3,26,28,29). The van der Waals surface area contributed by atoms with Crippen LogP contribution in [0.3, 0.4) is 0 Å². The first-order valence-corrected chi connectivity index (χ1v) is 12.2. The van der Waals surface area contributed by atoms with Crippen LogP contribution in [0, 0.1) is 13.8 Å². The molecule has 3 aromatic carbocycles. The lowest BCUT2D eigenvalue weighted by Crippen LogP contribution is -2.42. The van der Waals surface area contributed by atoms with Crippen molar-refractivity contribution in [3.63, 3.8) is 0 Å².